The minimum atomic E-state index is -0.0327. The van der Waals surface area contributed by atoms with Crippen molar-refractivity contribution < 1.29 is 14.3 Å². The Balaban J connectivity index is 2.29. The summed E-state index contributed by atoms with van der Waals surface area (Å²) in [5, 5.41) is 19.4. The van der Waals surface area contributed by atoms with E-state index in [2.05, 4.69) is 15.5 Å². The van der Waals surface area contributed by atoms with Crippen molar-refractivity contribution >= 4 is 5.91 Å². The summed E-state index contributed by atoms with van der Waals surface area (Å²) in [6.45, 7) is 6.04. The molecule has 1 heterocycles. The van der Waals surface area contributed by atoms with Crippen molar-refractivity contribution in [2.45, 2.75) is 58.4 Å². The maximum Gasteiger partial charge on any atom is 0.220 e. The van der Waals surface area contributed by atoms with Crippen LogP contribution in [-0.2, 0) is 11.2 Å². The topological polar surface area (TPSA) is 88.2 Å². The van der Waals surface area contributed by atoms with Gasteiger partial charge in [0.25, 0.3) is 0 Å². The molecule has 0 aliphatic heterocycles. The summed E-state index contributed by atoms with van der Waals surface area (Å²) in [7, 11) is 0. The quantitative estimate of drug-likeness (QED) is 0.744. The van der Waals surface area contributed by atoms with Crippen molar-refractivity contribution in [2.24, 2.45) is 0 Å². The molecule has 0 radical (unpaired) electrons. The van der Waals surface area contributed by atoms with Gasteiger partial charge in [0.15, 0.2) is 0 Å². The number of aromatic nitrogens is 2. The first-order valence-electron chi connectivity index (χ1n) is 6.75. The molecule has 0 saturated heterocycles. The zero-order valence-corrected chi connectivity index (χ0v) is 11.8. The molecule has 0 bridgehead atoms. The predicted octanol–water partition coefficient (Wildman–Crippen LogP) is 1.40. The molecule has 6 nitrogen and oxygen atoms in total. The van der Waals surface area contributed by atoms with Gasteiger partial charge in [0.2, 0.25) is 17.7 Å². The monoisotopic (exact) mass is 269 g/mol. The number of aryl methyl sites for hydroxylation is 1. The van der Waals surface area contributed by atoms with Crippen LogP contribution in [0.25, 0.3) is 0 Å². The minimum Gasteiger partial charge on any atom is -0.425 e. The van der Waals surface area contributed by atoms with Crippen LogP contribution in [0.2, 0.25) is 0 Å². The second-order valence-corrected chi connectivity index (χ2v) is 5.02. The molecule has 1 unspecified atom stereocenters. The number of amides is 1. The molecule has 0 aliphatic carbocycles. The molecule has 108 valence electrons. The summed E-state index contributed by atoms with van der Waals surface area (Å²) in [6.07, 6.45) is 2.27. The van der Waals surface area contributed by atoms with Gasteiger partial charge in [-0.05, 0) is 19.8 Å². The van der Waals surface area contributed by atoms with Crippen molar-refractivity contribution in [3.05, 3.63) is 11.8 Å². The number of carbonyl (C=O) groups excluding carboxylic acids is 1. The van der Waals surface area contributed by atoms with E-state index in [9.17, 15) is 4.79 Å². The van der Waals surface area contributed by atoms with Gasteiger partial charge in [-0.15, -0.1) is 10.2 Å². The molecule has 0 aliphatic rings. The summed E-state index contributed by atoms with van der Waals surface area (Å²) in [6, 6.07) is 0.0774. The number of rotatable bonds is 8. The largest absolute Gasteiger partial charge is 0.425 e. The second kappa shape index (κ2) is 7.89. The summed E-state index contributed by atoms with van der Waals surface area (Å²) in [5.41, 5.74) is 0. The molecule has 0 fully saturated rings. The highest BCUT2D eigenvalue weighted by Crippen LogP contribution is 2.12. The number of aliphatic hydroxyl groups excluding tert-OH is 1. The molecule has 1 rings (SSSR count). The highest BCUT2D eigenvalue weighted by Gasteiger charge is 2.12. The fraction of sp³-hybridized carbons (Fsp3) is 0.769. The molecule has 2 N–H and O–H groups in total. The van der Waals surface area contributed by atoms with Crippen molar-refractivity contribution in [1.29, 1.82) is 0 Å². The van der Waals surface area contributed by atoms with Gasteiger partial charge in [-0.1, -0.05) is 13.8 Å². The molecule has 0 spiro atoms. The number of carbonyl (C=O) groups is 1. The van der Waals surface area contributed by atoms with E-state index < -0.39 is 0 Å². The van der Waals surface area contributed by atoms with Crippen LogP contribution in [0.4, 0.5) is 0 Å². The molecule has 19 heavy (non-hydrogen) atoms. The summed E-state index contributed by atoms with van der Waals surface area (Å²) in [4.78, 5) is 11.7. The average Bonchev–Trinajstić information content (AvgIpc) is 2.83. The Hall–Kier alpha value is -1.43. The van der Waals surface area contributed by atoms with E-state index in [1.807, 2.05) is 20.8 Å². The Kier molecular flexibility index (Phi) is 6.49. The van der Waals surface area contributed by atoms with E-state index in [-0.39, 0.29) is 24.5 Å². The summed E-state index contributed by atoms with van der Waals surface area (Å²) < 4.78 is 5.43. The van der Waals surface area contributed by atoms with Crippen LogP contribution in [0.15, 0.2) is 4.42 Å². The first-order valence-corrected chi connectivity index (χ1v) is 6.75. The van der Waals surface area contributed by atoms with Gasteiger partial charge in [-0.25, -0.2) is 0 Å². The lowest BCUT2D eigenvalue weighted by Crippen LogP contribution is -2.32. The van der Waals surface area contributed by atoms with E-state index in [4.69, 9.17) is 9.52 Å². The Labute approximate surface area is 113 Å². The average molecular weight is 269 g/mol. The summed E-state index contributed by atoms with van der Waals surface area (Å²) in [5.74, 6) is 1.27. The molecular weight excluding hydrogens is 246 g/mol. The second-order valence-electron chi connectivity index (χ2n) is 5.02. The molecule has 0 saturated carbocycles. The molecule has 0 aromatic carbocycles. The molecule has 1 aromatic heterocycles. The van der Waals surface area contributed by atoms with Crippen LogP contribution in [0, 0.1) is 0 Å². The third-order valence-corrected chi connectivity index (χ3v) is 2.74. The van der Waals surface area contributed by atoms with Crippen molar-refractivity contribution in [1.82, 2.24) is 15.5 Å². The fourth-order valence-electron chi connectivity index (χ4n) is 1.64. The Bertz CT molecular complexity index is 390. The van der Waals surface area contributed by atoms with Gasteiger partial charge in [0.05, 0.1) is 0 Å². The van der Waals surface area contributed by atoms with Gasteiger partial charge in [-0.3, -0.25) is 4.79 Å². The lowest BCUT2D eigenvalue weighted by atomic mass is 10.2. The van der Waals surface area contributed by atoms with Crippen LogP contribution in [0.5, 0.6) is 0 Å². The van der Waals surface area contributed by atoms with Gasteiger partial charge < -0.3 is 14.8 Å². The summed E-state index contributed by atoms with van der Waals surface area (Å²) >= 11 is 0. The Morgan fingerprint density at radius 3 is 2.68 bits per heavy atom. The van der Waals surface area contributed by atoms with E-state index in [0.29, 0.717) is 31.0 Å². The SMILES string of the molecule is CC(CCCO)NC(=O)CCc1nnc(C(C)C)o1. The number of hydrogen-bond donors (Lipinski definition) is 2. The van der Waals surface area contributed by atoms with Gasteiger partial charge >= 0.3 is 0 Å². The Morgan fingerprint density at radius 1 is 1.37 bits per heavy atom. The number of nitrogens with one attached hydrogen (secondary N) is 1. The van der Waals surface area contributed by atoms with Crippen LogP contribution in [-0.4, -0.2) is 33.9 Å². The number of nitrogens with zero attached hydrogens (tertiary/aromatic N) is 2. The normalized spacial score (nSPS) is 12.7. The predicted molar refractivity (Wildman–Crippen MR) is 70.6 cm³/mol. The third kappa shape index (κ3) is 5.83. The van der Waals surface area contributed by atoms with Crippen molar-refractivity contribution in [2.75, 3.05) is 6.61 Å². The van der Waals surface area contributed by atoms with Crippen LogP contribution in [0.3, 0.4) is 0 Å². The maximum absolute atomic E-state index is 11.7. The van der Waals surface area contributed by atoms with E-state index >= 15 is 0 Å². The molecule has 1 aromatic rings. The zero-order valence-electron chi connectivity index (χ0n) is 11.8. The van der Waals surface area contributed by atoms with Gasteiger partial charge in [0.1, 0.15) is 0 Å². The fourth-order valence-corrected chi connectivity index (χ4v) is 1.64. The van der Waals surface area contributed by atoms with E-state index in [0.717, 1.165) is 6.42 Å². The lowest BCUT2D eigenvalue weighted by Gasteiger charge is -2.12. The molecule has 1 amide bonds. The standard InChI is InChI=1S/C13H23N3O3/c1-9(2)13-16-15-12(19-13)7-6-11(18)14-10(3)5-4-8-17/h9-10,17H,4-8H2,1-3H3,(H,14,18). The van der Waals surface area contributed by atoms with Crippen LogP contribution >= 0.6 is 0 Å². The van der Waals surface area contributed by atoms with Crippen LogP contribution in [0.1, 0.15) is 57.7 Å². The molecule has 6 heteroatoms. The minimum absolute atomic E-state index is 0.0327. The first-order chi connectivity index (χ1) is 9.02. The Morgan fingerprint density at radius 2 is 2.11 bits per heavy atom. The number of aliphatic hydroxyl groups is 1. The first kappa shape index (κ1) is 15.6. The number of hydrogen-bond acceptors (Lipinski definition) is 5. The smallest absolute Gasteiger partial charge is 0.220 e. The van der Waals surface area contributed by atoms with Crippen molar-refractivity contribution in [3.63, 3.8) is 0 Å². The van der Waals surface area contributed by atoms with E-state index in [1.54, 1.807) is 0 Å². The third-order valence-electron chi connectivity index (χ3n) is 2.74. The van der Waals surface area contributed by atoms with Gasteiger partial charge in [-0.2, -0.15) is 0 Å². The molecular formula is C13H23N3O3. The van der Waals surface area contributed by atoms with Crippen LogP contribution < -0.4 is 5.32 Å². The maximum atomic E-state index is 11.7. The zero-order chi connectivity index (χ0) is 14.3. The highest BCUT2D eigenvalue weighted by atomic mass is 16.4. The van der Waals surface area contributed by atoms with Crippen molar-refractivity contribution in [3.8, 4) is 0 Å². The van der Waals surface area contributed by atoms with E-state index in [1.165, 1.54) is 0 Å². The van der Waals surface area contributed by atoms with Gasteiger partial charge in [0, 0.05) is 31.4 Å². The molecule has 1 atom stereocenters. The highest BCUT2D eigenvalue weighted by molar-refractivity contribution is 5.76. The lowest BCUT2D eigenvalue weighted by molar-refractivity contribution is -0.121.